The number of piperidine rings is 2. The summed E-state index contributed by atoms with van der Waals surface area (Å²) in [6.45, 7) is 10.2. The summed E-state index contributed by atoms with van der Waals surface area (Å²) in [5.74, 6) is 1.44. The molecule has 2 aliphatic rings. The van der Waals surface area contributed by atoms with Gasteiger partial charge in [0.1, 0.15) is 47.0 Å². The number of anilines is 2. The Morgan fingerprint density at radius 1 is 0.527 bits per heavy atom. The lowest BCUT2D eigenvalue weighted by Crippen LogP contribution is -2.40. The first-order chi connectivity index (χ1) is 45.4. The van der Waals surface area contributed by atoms with E-state index in [0.717, 1.165) is 36.8 Å². The molecule has 4 amide bonds. The number of carbonyl (C=O) groups is 4. The zero-order chi connectivity index (χ0) is 64.4. The van der Waals surface area contributed by atoms with Gasteiger partial charge in [-0.3, -0.25) is 20.2 Å². The number of nitrogens with one attached hydrogen (secondary N) is 2. The summed E-state index contributed by atoms with van der Waals surface area (Å²) in [5.41, 5.74) is 4.02. The maximum absolute atomic E-state index is 13.2. The standard InChI is InChI=1S/C36H30N6O7.C31H28N6O7/c1-2-29(43)41-19-9-12-25(20-41)42-34-30(31(40-42)23-15-17-27(18-16-23)47-26-13-7-4-8-14-26)33(37-22-38-34)39-35(44)46-21-28-32(49-36(45)48-28)24-10-5-3-6-11-24;1-3-25(38)36-15-7-8-21(16-36)37-29-26(27(35-37)20-11-13-23(14-12-20)43-22-9-5-4-6-10-22)28(32-18-33-29)34-30(39)41-17-24-19(2)42-31(40)44-24/h2-8,10-11,13-18,22,25H,1,9,12,19-21H2,(H,37,38,39,44);3-6,9-14,18,21H,1,7-8,15-17H2,2H3,(H,32,33,34,39)/t25-;21-/m11/s1. The summed E-state index contributed by atoms with van der Waals surface area (Å²) in [4.78, 5) is 95.4. The highest BCUT2D eigenvalue weighted by atomic mass is 16.6. The summed E-state index contributed by atoms with van der Waals surface area (Å²) in [6, 6.07) is 42.1. The molecule has 11 aromatic rings. The first-order valence-electron chi connectivity index (χ1n) is 29.5. The van der Waals surface area contributed by atoms with E-state index >= 15 is 0 Å². The van der Waals surface area contributed by atoms with Crippen molar-refractivity contribution < 1.29 is 55.8 Å². The third-order valence-electron chi connectivity index (χ3n) is 15.3. The second-order valence-corrected chi connectivity index (χ2v) is 21.3. The van der Waals surface area contributed by atoms with Crippen molar-refractivity contribution >= 4 is 57.7 Å². The molecule has 2 atom stereocenters. The number of hydrogen-bond acceptors (Lipinski definition) is 20. The van der Waals surface area contributed by atoms with Crippen LogP contribution >= 0.6 is 0 Å². The van der Waals surface area contributed by atoms with E-state index in [2.05, 4.69) is 43.7 Å². The van der Waals surface area contributed by atoms with E-state index in [1.165, 1.54) is 31.7 Å². The molecule has 8 heterocycles. The number of fused-ring (bicyclic) bond motifs is 2. The van der Waals surface area contributed by atoms with E-state index in [-0.39, 0.29) is 71.8 Å². The quantitative estimate of drug-likeness (QED) is 0.0800. The van der Waals surface area contributed by atoms with Gasteiger partial charge in [-0.15, -0.1) is 0 Å². The van der Waals surface area contributed by atoms with E-state index in [9.17, 15) is 28.8 Å². The van der Waals surface area contributed by atoms with Crippen molar-refractivity contribution in [3.8, 4) is 56.8 Å². The topological polar surface area (TPSA) is 310 Å². The van der Waals surface area contributed by atoms with Gasteiger partial charge < -0.3 is 46.4 Å². The summed E-state index contributed by atoms with van der Waals surface area (Å²) >= 11 is 0. The van der Waals surface area contributed by atoms with Crippen molar-refractivity contribution in [2.24, 2.45) is 0 Å². The van der Waals surface area contributed by atoms with Crippen molar-refractivity contribution in [1.82, 2.24) is 49.3 Å². The zero-order valence-electron chi connectivity index (χ0n) is 49.9. The van der Waals surface area contributed by atoms with Gasteiger partial charge in [0.2, 0.25) is 11.8 Å². The molecule has 6 aromatic heterocycles. The highest BCUT2D eigenvalue weighted by Gasteiger charge is 2.31. The summed E-state index contributed by atoms with van der Waals surface area (Å²) in [5, 5.41) is 16.3. The van der Waals surface area contributed by atoms with Gasteiger partial charge in [-0.05, 0) is 118 Å². The molecule has 0 spiro atoms. The zero-order valence-corrected chi connectivity index (χ0v) is 49.9. The number of ether oxygens (including phenoxy) is 4. The molecule has 470 valence electrons. The number of nitrogens with zero attached hydrogens (tertiary/aromatic N) is 10. The van der Waals surface area contributed by atoms with Gasteiger partial charge in [-0.25, -0.2) is 48.5 Å². The smallest absolute Gasteiger partial charge is 0.457 e. The number of carbonyl (C=O) groups excluding carboxylic acids is 4. The number of likely N-dealkylation sites (tertiary alicyclic amines) is 2. The fourth-order valence-electron chi connectivity index (χ4n) is 10.9. The molecule has 26 heteroatoms. The molecule has 5 aromatic carbocycles. The SMILES string of the molecule is C=CC(=O)N1CCC[C@@H](n2nc(-c3ccc(Oc4ccccc4)cc3)c3c(NC(=O)OCc4oc(=O)oc4-c4ccccc4)ncnc32)C1.C=CC(=O)N1CCC[C@@H](n2nc(-c3ccc(Oc4ccccc4)cc3)c3c(NC(=O)OCc4oc(=O)oc4C)ncnc32)C1. The number of aromatic nitrogens is 8. The Morgan fingerprint density at radius 2 is 0.946 bits per heavy atom. The molecular formula is C67H58N12O14. The Morgan fingerprint density at radius 3 is 1.39 bits per heavy atom. The van der Waals surface area contributed by atoms with Crippen LogP contribution in [0.15, 0.2) is 205 Å². The first kappa shape index (κ1) is 61.0. The lowest BCUT2D eigenvalue weighted by atomic mass is 10.1. The minimum absolute atomic E-state index is 0.0569. The predicted molar refractivity (Wildman–Crippen MR) is 337 cm³/mol. The molecule has 0 unspecified atom stereocenters. The van der Waals surface area contributed by atoms with Crippen LogP contribution in [0.3, 0.4) is 0 Å². The lowest BCUT2D eigenvalue weighted by molar-refractivity contribution is -0.128. The van der Waals surface area contributed by atoms with E-state index in [1.54, 1.807) is 43.4 Å². The third-order valence-corrected chi connectivity index (χ3v) is 15.3. The van der Waals surface area contributed by atoms with Crippen LogP contribution in [0.5, 0.6) is 23.0 Å². The summed E-state index contributed by atoms with van der Waals surface area (Å²) < 4.78 is 46.3. The summed E-state index contributed by atoms with van der Waals surface area (Å²) in [7, 11) is 0. The van der Waals surface area contributed by atoms with Crippen LogP contribution in [0.1, 0.15) is 55.0 Å². The van der Waals surface area contributed by atoms with Crippen LogP contribution in [0.25, 0.3) is 55.9 Å². The lowest BCUT2D eigenvalue weighted by Gasteiger charge is -2.32. The molecule has 0 aliphatic carbocycles. The van der Waals surface area contributed by atoms with Crippen LogP contribution in [-0.2, 0) is 32.3 Å². The van der Waals surface area contributed by atoms with Crippen LogP contribution in [0.2, 0.25) is 0 Å². The van der Waals surface area contributed by atoms with Gasteiger partial charge in [0.15, 0.2) is 59.2 Å². The van der Waals surface area contributed by atoms with E-state index in [0.29, 0.717) is 88.2 Å². The maximum Gasteiger partial charge on any atom is 0.519 e. The molecule has 0 radical (unpaired) electrons. The van der Waals surface area contributed by atoms with Gasteiger partial charge in [-0.2, -0.15) is 10.2 Å². The van der Waals surface area contributed by atoms with Crippen molar-refractivity contribution in [3.63, 3.8) is 0 Å². The molecule has 2 N–H and O–H groups in total. The normalized spacial score (nSPS) is 14.5. The van der Waals surface area contributed by atoms with Crippen LogP contribution in [-0.4, -0.2) is 99.5 Å². The predicted octanol–water partition coefficient (Wildman–Crippen LogP) is 11.8. The van der Waals surface area contributed by atoms with Crippen molar-refractivity contribution in [3.05, 3.63) is 216 Å². The van der Waals surface area contributed by atoms with E-state index in [4.69, 9.17) is 46.8 Å². The van der Waals surface area contributed by atoms with Gasteiger partial charge >= 0.3 is 23.8 Å². The van der Waals surface area contributed by atoms with Crippen molar-refractivity contribution in [2.75, 3.05) is 36.8 Å². The van der Waals surface area contributed by atoms with E-state index in [1.807, 2.05) is 115 Å². The Hall–Kier alpha value is -12.2. The second-order valence-electron chi connectivity index (χ2n) is 21.3. The van der Waals surface area contributed by atoms with Gasteiger partial charge in [0, 0.05) is 42.9 Å². The van der Waals surface area contributed by atoms with E-state index < -0.39 is 23.8 Å². The first-order valence-corrected chi connectivity index (χ1v) is 29.5. The fourth-order valence-corrected chi connectivity index (χ4v) is 10.9. The van der Waals surface area contributed by atoms with Gasteiger partial charge in [0.25, 0.3) is 0 Å². The molecule has 2 fully saturated rings. The Labute approximate surface area is 528 Å². The minimum atomic E-state index is -0.913. The number of rotatable bonds is 17. The minimum Gasteiger partial charge on any atom is -0.457 e. The number of amides is 4. The Balaban J connectivity index is 0.000000180. The van der Waals surface area contributed by atoms with Crippen molar-refractivity contribution in [2.45, 2.75) is 57.9 Å². The summed E-state index contributed by atoms with van der Waals surface area (Å²) in [6.07, 6.45) is 6.65. The molecule has 2 saturated heterocycles. The second kappa shape index (κ2) is 27.7. The molecular weight excluding hydrogens is 1200 g/mol. The number of aryl methyl sites for hydroxylation is 1. The molecule has 0 bridgehead atoms. The van der Waals surface area contributed by atoms with Crippen LogP contribution in [0.4, 0.5) is 21.2 Å². The molecule has 93 heavy (non-hydrogen) atoms. The highest BCUT2D eigenvalue weighted by Crippen LogP contribution is 2.39. The average Bonchev–Trinajstić information content (AvgIpc) is 1.63. The number of para-hydroxylation sites is 2. The molecule has 26 nitrogen and oxygen atoms in total. The Bertz CT molecular complexity index is 4640. The monoisotopic (exact) mass is 1250 g/mol. The van der Waals surface area contributed by atoms with Crippen LogP contribution in [0, 0.1) is 6.92 Å². The number of hydrogen-bond donors (Lipinski definition) is 2. The third kappa shape index (κ3) is 14.0. The van der Waals surface area contributed by atoms with Crippen molar-refractivity contribution in [1.29, 1.82) is 0 Å². The largest absolute Gasteiger partial charge is 0.519 e. The van der Waals surface area contributed by atoms with Gasteiger partial charge in [-0.1, -0.05) is 79.9 Å². The molecule has 0 saturated carbocycles. The molecule has 2 aliphatic heterocycles. The molecule has 13 rings (SSSR count). The highest BCUT2D eigenvalue weighted by molar-refractivity contribution is 6.04. The Kier molecular flexibility index (Phi) is 18.2. The maximum atomic E-state index is 13.2. The fraction of sp³-hybridized carbons (Fsp3) is 0.194. The van der Waals surface area contributed by atoms with Gasteiger partial charge in [0.05, 0.1) is 22.9 Å². The van der Waals surface area contributed by atoms with Crippen LogP contribution < -0.4 is 31.8 Å². The average molecular weight is 1260 g/mol. The number of benzene rings is 5.